The van der Waals surface area contributed by atoms with Gasteiger partial charge < -0.3 is 19.9 Å². The molecule has 0 spiro atoms. The largest absolute Gasteiger partial charge is 0.573 e. The summed E-state index contributed by atoms with van der Waals surface area (Å²) < 4.78 is 44.4. The van der Waals surface area contributed by atoms with Crippen LogP contribution in [0, 0.1) is 0 Å². The van der Waals surface area contributed by atoms with Crippen LogP contribution >= 0.6 is 0 Å². The van der Waals surface area contributed by atoms with E-state index in [4.69, 9.17) is 9.84 Å². The molecule has 0 bridgehead atoms. The van der Waals surface area contributed by atoms with E-state index in [9.17, 15) is 22.8 Å². The van der Waals surface area contributed by atoms with Gasteiger partial charge in [-0.15, -0.1) is 13.2 Å². The van der Waals surface area contributed by atoms with Crippen LogP contribution in [0.15, 0.2) is 24.3 Å². The third kappa shape index (κ3) is 6.50. The third-order valence-corrected chi connectivity index (χ3v) is 2.18. The molecule has 0 aliphatic carbocycles. The number of amides is 1. The van der Waals surface area contributed by atoms with Crippen molar-refractivity contribution in [1.82, 2.24) is 5.32 Å². The lowest BCUT2D eigenvalue weighted by molar-refractivity contribution is -0.274. The van der Waals surface area contributed by atoms with E-state index >= 15 is 0 Å². The van der Waals surface area contributed by atoms with Gasteiger partial charge in [-0.3, -0.25) is 9.59 Å². The molecule has 0 saturated carbocycles. The number of alkyl halides is 3. The lowest BCUT2D eigenvalue weighted by Crippen LogP contribution is -2.40. The molecule has 1 unspecified atom stereocenters. The molecule has 0 aliphatic rings. The Balaban J connectivity index is 2.46. The van der Waals surface area contributed by atoms with E-state index in [2.05, 4.69) is 10.1 Å². The number of rotatable bonds is 6. The van der Waals surface area contributed by atoms with Crippen LogP contribution < -0.4 is 14.8 Å². The molecule has 0 radical (unpaired) electrons. The van der Waals surface area contributed by atoms with Gasteiger partial charge >= 0.3 is 12.3 Å². The predicted molar refractivity (Wildman–Crippen MR) is 63.9 cm³/mol. The summed E-state index contributed by atoms with van der Waals surface area (Å²) in [5, 5.41) is 10.7. The maximum absolute atomic E-state index is 11.9. The SMILES string of the molecule is CC(NC(=O)COc1ccc(OC(F)(F)F)cc1)C(=O)O. The average molecular weight is 307 g/mol. The minimum Gasteiger partial charge on any atom is -0.484 e. The number of hydrogen-bond donors (Lipinski definition) is 2. The van der Waals surface area contributed by atoms with Crippen molar-refractivity contribution in [2.75, 3.05) is 6.61 Å². The van der Waals surface area contributed by atoms with Crippen molar-refractivity contribution in [3.8, 4) is 11.5 Å². The second-order valence-electron chi connectivity index (χ2n) is 3.94. The van der Waals surface area contributed by atoms with E-state index in [1.807, 2.05) is 0 Å². The highest BCUT2D eigenvalue weighted by atomic mass is 19.4. The highest BCUT2D eigenvalue weighted by Crippen LogP contribution is 2.24. The van der Waals surface area contributed by atoms with Gasteiger partial charge in [-0.25, -0.2) is 0 Å². The number of benzene rings is 1. The van der Waals surface area contributed by atoms with Crippen LogP contribution in [0.3, 0.4) is 0 Å². The van der Waals surface area contributed by atoms with Gasteiger partial charge in [0, 0.05) is 0 Å². The molecule has 1 amide bonds. The number of aliphatic carboxylic acids is 1. The summed E-state index contributed by atoms with van der Waals surface area (Å²) in [6.07, 6.45) is -4.78. The Morgan fingerprint density at radius 2 is 1.76 bits per heavy atom. The van der Waals surface area contributed by atoms with Crippen molar-refractivity contribution < 1.29 is 37.3 Å². The average Bonchev–Trinajstić information content (AvgIpc) is 2.36. The molecule has 6 nitrogen and oxygen atoms in total. The molecular formula is C12H12F3NO5. The van der Waals surface area contributed by atoms with Crippen LogP contribution in [0.5, 0.6) is 11.5 Å². The fourth-order valence-electron chi connectivity index (χ4n) is 1.23. The minimum absolute atomic E-state index is 0.141. The Kier molecular flexibility index (Phi) is 5.39. The van der Waals surface area contributed by atoms with Crippen molar-refractivity contribution in [3.05, 3.63) is 24.3 Å². The van der Waals surface area contributed by atoms with Crippen LogP contribution in [0.25, 0.3) is 0 Å². The van der Waals surface area contributed by atoms with Gasteiger partial charge in [0.1, 0.15) is 17.5 Å². The first kappa shape index (κ1) is 16.6. The van der Waals surface area contributed by atoms with Crippen molar-refractivity contribution in [3.63, 3.8) is 0 Å². The lowest BCUT2D eigenvalue weighted by atomic mass is 10.3. The van der Waals surface area contributed by atoms with Gasteiger partial charge in [-0.1, -0.05) is 0 Å². The molecule has 2 N–H and O–H groups in total. The molecule has 0 heterocycles. The van der Waals surface area contributed by atoms with Crippen LogP contribution in [0.1, 0.15) is 6.92 Å². The van der Waals surface area contributed by atoms with Crippen molar-refractivity contribution in [1.29, 1.82) is 0 Å². The van der Waals surface area contributed by atoms with E-state index in [1.54, 1.807) is 0 Å². The first-order chi connectivity index (χ1) is 9.67. The summed E-state index contributed by atoms with van der Waals surface area (Å²) in [6.45, 7) is 0.820. The number of carbonyl (C=O) groups excluding carboxylic acids is 1. The van der Waals surface area contributed by atoms with Gasteiger partial charge in [0.15, 0.2) is 6.61 Å². The molecule has 1 atom stereocenters. The molecule has 116 valence electrons. The highest BCUT2D eigenvalue weighted by Gasteiger charge is 2.30. The zero-order chi connectivity index (χ0) is 16.0. The maximum Gasteiger partial charge on any atom is 0.573 e. The second-order valence-corrected chi connectivity index (χ2v) is 3.94. The van der Waals surface area contributed by atoms with E-state index in [0.717, 1.165) is 12.1 Å². The summed E-state index contributed by atoms with van der Waals surface area (Å²) in [6, 6.07) is 3.37. The van der Waals surface area contributed by atoms with Gasteiger partial charge in [0.2, 0.25) is 0 Å². The number of hydrogen-bond acceptors (Lipinski definition) is 4. The summed E-state index contributed by atoms with van der Waals surface area (Å²) >= 11 is 0. The second kappa shape index (κ2) is 6.82. The van der Waals surface area contributed by atoms with Gasteiger partial charge in [0.05, 0.1) is 0 Å². The Morgan fingerprint density at radius 1 is 1.24 bits per heavy atom. The van der Waals surface area contributed by atoms with Gasteiger partial charge in [-0.2, -0.15) is 0 Å². The standard InChI is InChI=1S/C12H12F3NO5/c1-7(11(18)19)16-10(17)6-20-8-2-4-9(5-3-8)21-12(13,14)15/h2-5,7H,6H2,1H3,(H,16,17)(H,18,19). The molecule has 0 fully saturated rings. The molecule has 21 heavy (non-hydrogen) atoms. The number of carbonyl (C=O) groups is 2. The zero-order valence-corrected chi connectivity index (χ0v) is 10.8. The Morgan fingerprint density at radius 3 is 2.24 bits per heavy atom. The minimum atomic E-state index is -4.78. The molecule has 0 saturated heterocycles. The Bertz CT molecular complexity index is 501. The lowest BCUT2D eigenvalue weighted by Gasteiger charge is -2.11. The van der Waals surface area contributed by atoms with Crippen molar-refractivity contribution in [2.45, 2.75) is 19.3 Å². The number of carboxylic acids is 1. The zero-order valence-electron chi connectivity index (χ0n) is 10.8. The van der Waals surface area contributed by atoms with E-state index in [0.29, 0.717) is 0 Å². The molecule has 1 rings (SSSR count). The summed E-state index contributed by atoms with van der Waals surface area (Å²) in [5.74, 6) is -2.14. The van der Waals surface area contributed by atoms with Gasteiger partial charge in [0.25, 0.3) is 5.91 Å². The van der Waals surface area contributed by atoms with Crippen LogP contribution in [0.4, 0.5) is 13.2 Å². The smallest absolute Gasteiger partial charge is 0.484 e. The molecule has 1 aromatic carbocycles. The molecule has 1 aromatic rings. The maximum atomic E-state index is 11.9. The summed E-state index contributed by atoms with van der Waals surface area (Å²) in [4.78, 5) is 21.8. The molecule has 0 aliphatic heterocycles. The first-order valence-electron chi connectivity index (χ1n) is 5.68. The van der Waals surface area contributed by atoms with E-state index in [1.165, 1.54) is 19.1 Å². The molecule has 9 heteroatoms. The van der Waals surface area contributed by atoms with Crippen molar-refractivity contribution >= 4 is 11.9 Å². The summed E-state index contributed by atoms with van der Waals surface area (Å²) in [7, 11) is 0. The number of ether oxygens (including phenoxy) is 2. The van der Waals surface area contributed by atoms with Crippen molar-refractivity contribution in [2.24, 2.45) is 0 Å². The topological polar surface area (TPSA) is 84.9 Å². The Labute approximate surface area is 117 Å². The Hall–Kier alpha value is -2.45. The van der Waals surface area contributed by atoms with Crippen LogP contribution in [0.2, 0.25) is 0 Å². The van der Waals surface area contributed by atoms with E-state index < -0.39 is 36.6 Å². The fraction of sp³-hybridized carbons (Fsp3) is 0.333. The monoisotopic (exact) mass is 307 g/mol. The number of nitrogens with one attached hydrogen (secondary N) is 1. The third-order valence-electron chi connectivity index (χ3n) is 2.18. The quantitative estimate of drug-likeness (QED) is 0.833. The van der Waals surface area contributed by atoms with Gasteiger partial charge in [-0.05, 0) is 31.2 Å². The predicted octanol–water partition coefficient (Wildman–Crippen LogP) is 1.55. The van der Waals surface area contributed by atoms with Crippen LogP contribution in [-0.4, -0.2) is 36.0 Å². The molecular weight excluding hydrogens is 295 g/mol. The van der Waals surface area contributed by atoms with E-state index in [-0.39, 0.29) is 5.75 Å². The highest BCUT2D eigenvalue weighted by molar-refractivity contribution is 5.84. The van der Waals surface area contributed by atoms with Crippen LogP contribution in [-0.2, 0) is 9.59 Å². The number of carboxylic acid groups (broad SMARTS) is 1. The first-order valence-corrected chi connectivity index (χ1v) is 5.68. The fourth-order valence-corrected chi connectivity index (χ4v) is 1.23. The number of halogens is 3. The summed E-state index contributed by atoms with van der Waals surface area (Å²) in [5.41, 5.74) is 0. The molecule has 0 aromatic heterocycles. The normalized spacial score (nSPS) is 12.4.